The molecule has 0 spiro atoms. The number of H-pyrrole nitrogens is 1. The maximum Gasteiger partial charge on any atom is 0.432 e. The lowest BCUT2D eigenvalue weighted by atomic mass is 10.1. The van der Waals surface area contributed by atoms with Crippen LogP contribution in [0.3, 0.4) is 0 Å². The molecule has 1 aromatic carbocycles. The number of nitrogens with one attached hydrogen (secondary N) is 3. The van der Waals surface area contributed by atoms with E-state index >= 15 is 0 Å². The second-order valence-electron chi connectivity index (χ2n) is 6.76. The summed E-state index contributed by atoms with van der Waals surface area (Å²) in [5, 5.41) is 10.7. The summed E-state index contributed by atoms with van der Waals surface area (Å²) in [6.45, 7) is 0. The molecule has 1 aliphatic carbocycles. The summed E-state index contributed by atoms with van der Waals surface area (Å²) < 4.78 is 76.8. The van der Waals surface area contributed by atoms with Crippen LogP contribution in [0.1, 0.15) is 47.3 Å². The summed E-state index contributed by atoms with van der Waals surface area (Å²) in [7, 11) is 0. The van der Waals surface area contributed by atoms with Crippen molar-refractivity contribution in [2.75, 3.05) is 5.32 Å². The Morgan fingerprint density at radius 3 is 2.37 bits per heavy atom. The van der Waals surface area contributed by atoms with E-state index in [1.54, 1.807) is 0 Å². The highest BCUT2D eigenvalue weighted by atomic mass is 19.4. The molecule has 2 aromatic rings. The monoisotopic (exact) mass is 433 g/mol. The van der Waals surface area contributed by atoms with Crippen molar-refractivity contribution in [3.8, 4) is 0 Å². The van der Waals surface area contributed by atoms with Crippen molar-refractivity contribution in [2.45, 2.75) is 44.1 Å². The van der Waals surface area contributed by atoms with Crippen LogP contribution in [0.5, 0.6) is 0 Å². The Morgan fingerprint density at radius 2 is 1.77 bits per heavy atom. The molecule has 0 bridgehead atoms. The van der Waals surface area contributed by atoms with Crippen molar-refractivity contribution in [2.24, 2.45) is 4.99 Å². The number of carbonyl (C=O) groups excluding carboxylic acids is 1. The van der Waals surface area contributed by atoms with Crippen molar-refractivity contribution >= 4 is 17.7 Å². The van der Waals surface area contributed by atoms with Gasteiger partial charge in [-0.3, -0.25) is 9.89 Å². The summed E-state index contributed by atoms with van der Waals surface area (Å²) in [5.41, 5.74) is -2.42. The highest BCUT2D eigenvalue weighted by molar-refractivity contribution is 6.06. The van der Waals surface area contributed by atoms with Gasteiger partial charge in [-0.2, -0.15) is 36.4 Å². The maximum atomic E-state index is 12.9. The van der Waals surface area contributed by atoms with Gasteiger partial charge in [-0.15, -0.1) is 0 Å². The van der Waals surface area contributed by atoms with Gasteiger partial charge in [-0.1, -0.05) is 18.9 Å². The molecule has 1 aliphatic rings. The molecular formula is C18H17F6N5O. The van der Waals surface area contributed by atoms with Crippen LogP contribution in [0.2, 0.25) is 0 Å². The SMILES string of the molecule is O=C(/N=C(\Nc1cc(C(F)(F)F)[nH]n1)NC1CCCC1)c1cccc(C(F)(F)F)c1. The van der Waals surface area contributed by atoms with Crippen molar-refractivity contribution < 1.29 is 31.1 Å². The molecule has 12 heteroatoms. The Kier molecular flexibility index (Phi) is 6.04. The molecule has 30 heavy (non-hydrogen) atoms. The Hall–Kier alpha value is -3.05. The smallest absolute Gasteiger partial charge is 0.353 e. The molecule has 0 saturated heterocycles. The molecule has 162 valence electrons. The Morgan fingerprint density at radius 1 is 1.07 bits per heavy atom. The first kappa shape index (κ1) is 21.7. The summed E-state index contributed by atoms with van der Waals surface area (Å²) >= 11 is 0. The van der Waals surface area contributed by atoms with Gasteiger partial charge in [0, 0.05) is 17.7 Å². The van der Waals surface area contributed by atoms with Gasteiger partial charge < -0.3 is 10.6 Å². The Labute approximate surface area is 166 Å². The highest BCUT2D eigenvalue weighted by Gasteiger charge is 2.33. The van der Waals surface area contributed by atoms with Gasteiger partial charge in [0.15, 0.2) is 5.82 Å². The number of carbonyl (C=O) groups is 1. The van der Waals surface area contributed by atoms with Gasteiger partial charge in [0.05, 0.1) is 5.56 Å². The van der Waals surface area contributed by atoms with E-state index in [1.807, 2.05) is 5.10 Å². The molecule has 0 atom stereocenters. The Balaban J connectivity index is 1.85. The van der Waals surface area contributed by atoms with Crippen LogP contribution in [0.4, 0.5) is 32.2 Å². The molecule has 0 unspecified atom stereocenters. The van der Waals surface area contributed by atoms with Gasteiger partial charge in [0.1, 0.15) is 5.69 Å². The molecule has 1 heterocycles. The maximum absolute atomic E-state index is 12.9. The van der Waals surface area contributed by atoms with Crippen LogP contribution in [-0.4, -0.2) is 28.1 Å². The largest absolute Gasteiger partial charge is 0.432 e. The fourth-order valence-corrected chi connectivity index (χ4v) is 3.01. The minimum Gasteiger partial charge on any atom is -0.353 e. The van der Waals surface area contributed by atoms with Crippen LogP contribution in [0, 0.1) is 0 Å². The van der Waals surface area contributed by atoms with Crippen molar-refractivity contribution in [3.63, 3.8) is 0 Å². The van der Waals surface area contributed by atoms with E-state index in [1.165, 1.54) is 6.07 Å². The fraction of sp³-hybridized carbons (Fsp3) is 0.389. The van der Waals surface area contributed by atoms with Gasteiger partial charge in [0.25, 0.3) is 5.91 Å². The summed E-state index contributed by atoms with van der Waals surface area (Å²) in [6.07, 6.45) is -5.91. The van der Waals surface area contributed by atoms with Crippen LogP contribution in [-0.2, 0) is 12.4 Å². The second-order valence-corrected chi connectivity index (χ2v) is 6.76. The number of hydrogen-bond donors (Lipinski definition) is 3. The molecule has 6 nitrogen and oxygen atoms in total. The van der Waals surface area contributed by atoms with E-state index in [9.17, 15) is 31.1 Å². The lowest BCUT2D eigenvalue weighted by Crippen LogP contribution is -2.38. The lowest BCUT2D eigenvalue weighted by Gasteiger charge is -2.16. The quantitative estimate of drug-likeness (QED) is 0.376. The minimum atomic E-state index is -4.64. The normalized spacial score (nSPS) is 16.0. The van der Waals surface area contributed by atoms with Gasteiger partial charge in [-0.05, 0) is 31.0 Å². The molecule has 1 aromatic heterocycles. The zero-order valence-corrected chi connectivity index (χ0v) is 15.4. The van der Waals surface area contributed by atoms with E-state index < -0.39 is 29.5 Å². The molecular weight excluding hydrogens is 416 g/mol. The first-order chi connectivity index (χ1) is 14.0. The zero-order valence-electron chi connectivity index (χ0n) is 15.4. The number of guanidine groups is 1. The first-order valence-electron chi connectivity index (χ1n) is 8.99. The number of amides is 1. The number of benzene rings is 1. The number of nitrogens with zero attached hydrogens (tertiary/aromatic N) is 2. The third kappa shape index (κ3) is 5.51. The van der Waals surface area contributed by atoms with Crippen molar-refractivity contribution in [1.82, 2.24) is 15.5 Å². The number of aromatic amines is 1. The molecule has 3 N–H and O–H groups in total. The zero-order chi connectivity index (χ0) is 21.9. The number of aromatic nitrogens is 2. The van der Waals surface area contributed by atoms with E-state index in [0.717, 1.165) is 37.8 Å². The molecule has 1 fully saturated rings. The van der Waals surface area contributed by atoms with Gasteiger partial charge in [0.2, 0.25) is 5.96 Å². The predicted molar refractivity (Wildman–Crippen MR) is 95.8 cm³/mol. The van der Waals surface area contributed by atoms with Crippen LogP contribution in [0.15, 0.2) is 35.3 Å². The van der Waals surface area contributed by atoms with E-state index in [0.29, 0.717) is 12.1 Å². The van der Waals surface area contributed by atoms with Crippen LogP contribution >= 0.6 is 0 Å². The van der Waals surface area contributed by atoms with Crippen molar-refractivity contribution in [1.29, 1.82) is 0 Å². The third-order valence-electron chi connectivity index (χ3n) is 4.48. The molecule has 1 saturated carbocycles. The Bertz CT molecular complexity index is 928. The number of hydrogen-bond acceptors (Lipinski definition) is 2. The van der Waals surface area contributed by atoms with Crippen molar-refractivity contribution in [3.05, 3.63) is 47.2 Å². The predicted octanol–water partition coefficient (Wildman–Crippen LogP) is 4.59. The molecule has 1 amide bonds. The summed E-state index contributed by atoms with van der Waals surface area (Å²) in [6, 6.07) is 4.35. The number of alkyl halides is 6. The topological polar surface area (TPSA) is 82.2 Å². The van der Waals surface area contributed by atoms with E-state index in [4.69, 9.17) is 0 Å². The average molecular weight is 433 g/mol. The third-order valence-corrected chi connectivity index (χ3v) is 4.48. The summed E-state index contributed by atoms with van der Waals surface area (Å²) in [5.74, 6) is -1.42. The molecule has 3 rings (SSSR count). The molecule has 0 radical (unpaired) electrons. The highest BCUT2D eigenvalue weighted by Crippen LogP contribution is 2.30. The van der Waals surface area contributed by atoms with E-state index in [2.05, 4.69) is 20.7 Å². The number of anilines is 1. The minimum absolute atomic E-state index is 0.0772. The van der Waals surface area contributed by atoms with E-state index in [-0.39, 0.29) is 23.4 Å². The van der Waals surface area contributed by atoms with Gasteiger partial charge >= 0.3 is 12.4 Å². The number of halogens is 6. The first-order valence-corrected chi connectivity index (χ1v) is 8.99. The number of aliphatic imine (C=N–C) groups is 1. The van der Waals surface area contributed by atoms with Crippen LogP contribution in [0.25, 0.3) is 0 Å². The van der Waals surface area contributed by atoms with Crippen LogP contribution < -0.4 is 10.6 Å². The molecule has 0 aliphatic heterocycles. The fourth-order valence-electron chi connectivity index (χ4n) is 3.01. The van der Waals surface area contributed by atoms with Gasteiger partial charge in [-0.25, -0.2) is 0 Å². The number of rotatable bonds is 3. The second kappa shape index (κ2) is 8.36. The average Bonchev–Trinajstić information content (AvgIpc) is 3.33. The standard InChI is InChI=1S/C18H17F6N5O/c19-17(20,21)11-5-3-4-10(8-11)15(30)27-16(25-12-6-1-2-7-12)26-14-9-13(28-29-14)18(22,23)24/h3-5,8-9,12H,1-2,6-7H2,(H3,25,26,27,28,29,30). The lowest BCUT2D eigenvalue weighted by molar-refractivity contribution is -0.141. The summed E-state index contributed by atoms with van der Waals surface area (Å²) in [4.78, 5) is 16.2.